The van der Waals surface area contributed by atoms with E-state index in [0.29, 0.717) is 11.1 Å². The number of nitrogens with zero attached hydrogens (tertiary/aromatic N) is 3. The first-order chi connectivity index (χ1) is 10.6. The van der Waals surface area contributed by atoms with Crippen molar-refractivity contribution in [2.45, 2.75) is 6.10 Å². The van der Waals surface area contributed by atoms with Gasteiger partial charge in [0.25, 0.3) is 11.8 Å². The molecule has 0 spiro atoms. The monoisotopic (exact) mass is 297 g/mol. The minimum Gasteiger partial charge on any atom is -0.390 e. The molecule has 2 amide bonds. The number of β-amino-alcohol motifs (C(OH)–C–C–N with tert-alkyl or cyclic N) is 1. The number of carbonyl (C=O) groups is 2. The Kier molecular flexibility index (Phi) is 4.90. The Morgan fingerprint density at radius 2 is 1.82 bits per heavy atom. The Balaban J connectivity index is 2.03. The van der Waals surface area contributed by atoms with Crippen molar-refractivity contribution in [1.29, 1.82) is 5.26 Å². The van der Waals surface area contributed by atoms with Crippen molar-refractivity contribution in [3.05, 3.63) is 35.4 Å². The average Bonchev–Trinajstić information content (AvgIpc) is 2.73. The van der Waals surface area contributed by atoms with E-state index in [1.807, 2.05) is 6.07 Å². The number of hydrogen-bond acceptors (Lipinski definition) is 5. The van der Waals surface area contributed by atoms with Crippen LogP contribution >= 0.6 is 0 Å². The highest BCUT2D eigenvalue weighted by Crippen LogP contribution is 2.22. The van der Waals surface area contributed by atoms with Gasteiger partial charge >= 0.3 is 0 Å². The number of carbonyl (C=O) groups excluding carboxylic acids is 2. The zero-order valence-electron chi connectivity index (χ0n) is 11.9. The van der Waals surface area contributed by atoms with E-state index in [1.54, 1.807) is 29.2 Å². The minimum atomic E-state index is -0.969. The minimum absolute atomic E-state index is 0.0728. The van der Waals surface area contributed by atoms with E-state index in [-0.39, 0.29) is 26.2 Å². The highest BCUT2D eigenvalue weighted by molar-refractivity contribution is 6.21. The normalized spacial score (nSPS) is 14.6. The Labute approximate surface area is 128 Å². The van der Waals surface area contributed by atoms with Crippen LogP contribution in [0, 0.1) is 23.7 Å². The van der Waals surface area contributed by atoms with Gasteiger partial charge < -0.3 is 5.11 Å². The van der Waals surface area contributed by atoms with E-state index in [9.17, 15) is 14.7 Å². The Morgan fingerprint density at radius 3 is 2.32 bits per heavy atom. The lowest BCUT2D eigenvalue weighted by Gasteiger charge is -2.23. The van der Waals surface area contributed by atoms with E-state index in [0.717, 1.165) is 4.90 Å². The Morgan fingerprint density at radius 1 is 1.23 bits per heavy atom. The number of aliphatic hydroxyl groups is 1. The predicted octanol–water partition coefficient (Wildman–Crippen LogP) is 0.102. The van der Waals surface area contributed by atoms with Gasteiger partial charge in [0, 0.05) is 6.54 Å². The zero-order chi connectivity index (χ0) is 16.1. The fourth-order valence-corrected chi connectivity index (χ4v) is 2.39. The van der Waals surface area contributed by atoms with Crippen molar-refractivity contribution in [1.82, 2.24) is 9.80 Å². The zero-order valence-corrected chi connectivity index (χ0v) is 11.9. The molecule has 1 heterocycles. The Bertz CT molecular complexity index is 621. The summed E-state index contributed by atoms with van der Waals surface area (Å²) in [7, 11) is 0. The largest absolute Gasteiger partial charge is 0.390 e. The van der Waals surface area contributed by atoms with Gasteiger partial charge in [-0.2, -0.15) is 5.26 Å². The second-order valence-electron chi connectivity index (χ2n) is 4.95. The second-order valence-corrected chi connectivity index (χ2v) is 4.95. The number of rotatable bonds is 6. The number of aliphatic hydroxyl groups excluding tert-OH is 1. The summed E-state index contributed by atoms with van der Waals surface area (Å²) in [5.74, 6) is 1.57. The summed E-state index contributed by atoms with van der Waals surface area (Å²) in [5, 5.41) is 18.8. The summed E-state index contributed by atoms with van der Waals surface area (Å²) in [5.41, 5.74) is 0.689. The van der Waals surface area contributed by atoms with Gasteiger partial charge in [-0.25, -0.2) is 0 Å². The maximum atomic E-state index is 12.2. The van der Waals surface area contributed by atoms with E-state index in [4.69, 9.17) is 11.7 Å². The van der Waals surface area contributed by atoms with Crippen LogP contribution in [-0.2, 0) is 0 Å². The van der Waals surface area contributed by atoms with Crippen molar-refractivity contribution in [2.75, 3.05) is 26.2 Å². The van der Waals surface area contributed by atoms with E-state index < -0.39 is 17.9 Å². The molecule has 0 saturated carbocycles. The van der Waals surface area contributed by atoms with Gasteiger partial charge in [-0.1, -0.05) is 18.1 Å². The van der Waals surface area contributed by atoms with Crippen molar-refractivity contribution >= 4 is 11.8 Å². The van der Waals surface area contributed by atoms with Gasteiger partial charge in [0.05, 0.1) is 42.9 Å². The molecule has 6 nitrogen and oxygen atoms in total. The van der Waals surface area contributed by atoms with E-state index in [2.05, 4.69) is 5.92 Å². The Hall–Kier alpha value is -2.67. The summed E-state index contributed by atoms with van der Waals surface area (Å²) in [4.78, 5) is 26.9. The molecule has 1 aliphatic heterocycles. The summed E-state index contributed by atoms with van der Waals surface area (Å²) < 4.78 is 0. The van der Waals surface area contributed by atoms with Crippen LogP contribution in [0.1, 0.15) is 20.7 Å². The molecule has 112 valence electrons. The van der Waals surface area contributed by atoms with Crippen LogP contribution in [0.3, 0.4) is 0 Å². The third kappa shape index (κ3) is 3.15. The molecule has 1 aromatic carbocycles. The summed E-state index contributed by atoms with van der Waals surface area (Å²) in [6.07, 6.45) is 4.23. The molecule has 1 aliphatic rings. The van der Waals surface area contributed by atoms with E-state index >= 15 is 0 Å². The van der Waals surface area contributed by atoms with Gasteiger partial charge in [0.15, 0.2) is 0 Å². The molecule has 1 atom stereocenters. The fraction of sp³-hybridized carbons (Fsp3) is 0.312. The molecule has 22 heavy (non-hydrogen) atoms. The summed E-state index contributed by atoms with van der Waals surface area (Å²) in [6, 6.07) is 8.50. The lowest BCUT2D eigenvalue weighted by atomic mass is 10.1. The molecule has 0 fully saturated rings. The first-order valence-electron chi connectivity index (χ1n) is 6.74. The quantitative estimate of drug-likeness (QED) is 0.457. The summed E-state index contributed by atoms with van der Waals surface area (Å²) >= 11 is 0. The molecule has 6 heteroatoms. The molecule has 1 N–H and O–H groups in total. The third-order valence-electron chi connectivity index (χ3n) is 3.35. The van der Waals surface area contributed by atoms with Gasteiger partial charge in [-0.3, -0.25) is 19.4 Å². The second kappa shape index (κ2) is 6.86. The number of benzene rings is 1. The van der Waals surface area contributed by atoms with Crippen LogP contribution in [0.25, 0.3) is 0 Å². The summed E-state index contributed by atoms with van der Waals surface area (Å²) in [6.45, 7) is 0.278. The van der Waals surface area contributed by atoms with Crippen molar-refractivity contribution < 1.29 is 14.7 Å². The molecule has 0 aliphatic carbocycles. The SMILES string of the molecule is C#CCN(CC#N)CC(O)CN1C(=O)c2ccccc2C1=O. The van der Waals surface area contributed by atoms with Crippen LogP contribution in [0.5, 0.6) is 0 Å². The van der Waals surface area contributed by atoms with Gasteiger partial charge in [0.1, 0.15) is 0 Å². The molecular weight excluding hydrogens is 282 g/mol. The molecule has 1 aromatic rings. The number of imide groups is 1. The maximum Gasteiger partial charge on any atom is 0.261 e. The standard InChI is InChI=1S/C16H15N3O3/c1-2-8-18(9-7-17)10-12(20)11-19-15(21)13-5-3-4-6-14(13)16(19)22/h1,3-6,12,20H,8-11H2. The average molecular weight is 297 g/mol. The lowest BCUT2D eigenvalue weighted by Crippen LogP contribution is -2.42. The van der Waals surface area contributed by atoms with Crippen molar-refractivity contribution in [3.8, 4) is 18.4 Å². The third-order valence-corrected chi connectivity index (χ3v) is 3.35. The van der Waals surface area contributed by atoms with Crippen molar-refractivity contribution in [3.63, 3.8) is 0 Å². The smallest absolute Gasteiger partial charge is 0.261 e. The first-order valence-corrected chi connectivity index (χ1v) is 6.74. The van der Waals surface area contributed by atoms with Gasteiger partial charge in [0.2, 0.25) is 0 Å². The van der Waals surface area contributed by atoms with Crippen LogP contribution in [-0.4, -0.2) is 59.0 Å². The van der Waals surface area contributed by atoms with E-state index in [1.165, 1.54) is 0 Å². The molecule has 0 bridgehead atoms. The molecule has 0 saturated heterocycles. The van der Waals surface area contributed by atoms with Gasteiger partial charge in [-0.05, 0) is 12.1 Å². The topological polar surface area (TPSA) is 84.6 Å². The number of amides is 2. The lowest BCUT2D eigenvalue weighted by molar-refractivity contribution is 0.0493. The highest BCUT2D eigenvalue weighted by Gasteiger charge is 2.36. The van der Waals surface area contributed by atoms with Crippen molar-refractivity contribution in [2.24, 2.45) is 0 Å². The van der Waals surface area contributed by atoms with Crippen LogP contribution < -0.4 is 0 Å². The number of hydrogen-bond donors (Lipinski definition) is 1. The molecular formula is C16H15N3O3. The highest BCUT2D eigenvalue weighted by atomic mass is 16.3. The van der Waals surface area contributed by atoms with Crippen LogP contribution in [0.4, 0.5) is 0 Å². The molecule has 2 rings (SSSR count). The van der Waals surface area contributed by atoms with Crippen LogP contribution in [0.2, 0.25) is 0 Å². The fourth-order valence-electron chi connectivity index (χ4n) is 2.39. The molecule has 1 unspecified atom stereocenters. The first kappa shape index (κ1) is 15.7. The molecule has 0 aromatic heterocycles. The number of fused-ring (bicyclic) bond motifs is 1. The van der Waals surface area contributed by atoms with Crippen LogP contribution in [0.15, 0.2) is 24.3 Å². The number of terminal acetylenes is 1. The number of nitriles is 1. The maximum absolute atomic E-state index is 12.2. The van der Waals surface area contributed by atoms with Gasteiger partial charge in [-0.15, -0.1) is 6.42 Å². The molecule has 0 radical (unpaired) electrons. The predicted molar refractivity (Wildman–Crippen MR) is 78.7 cm³/mol.